The maximum absolute atomic E-state index is 12.2. The summed E-state index contributed by atoms with van der Waals surface area (Å²) in [6.45, 7) is -0.145. The van der Waals surface area contributed by atoms with Crippen LogP contribution in [0.4, 0.5) is 4.79 Å². The highest BCUT2D eigenvalue weighted by molar-refractivity contribution is 7.90. The van der Waals surface area contributed by atoms with Crippen molar-refractivity contribution >= 4 is 21.8 Å². The van der Waals surface area contributed by atoms with Crippen LogP contribution in [0, 0.1) is 0 Å². The zero-order chi connectivity index (χ0) is 16.9. The number of sulfonamides is 1. The quantitative estimate of drug-likeness (QED) is 0.695. The van der Waals surface area contributed by atoms with E-state index in [4.69, 9.17) is 5.73 Å². The second-order valence-electron chi connectivity index (χ2n) is 5.57. The van der Waals surface area contributed by atoms with Gasteiger partial charge in [-0.1, -0.05) is 19.3 Å². The molecule has 1 aliphatic rings. The number of ketones is 1. The van der Waals surface area contributed by atoms with Crippen LogP contribution < -0.4 is 15.8 Å². The molecule has 1 fully saturated rings. The molecule has 23 heavy (non-hydrogen) atoms. The summed E-state index contributed by atoms with van der Waals surface area (Å²) in [5.41, 5.74) is 5.58. The number of hydrogen-bond acceptors (Lipinski definition) is 5. The van der Waals surface area contributed by atoms with E-state index in [1.165, 1.54) is 24.3 Å². The van der Waals surface area contributed by atoms with Gasteiger partial charge < -0.3 is 11.1 Å². The third-order valence-electron chi connectivity index (χ3n) is 3.84. The van der Waals surface area contributed by atoms with Gasteiger partial charge in [0.1, 0.15) is 0 Å². The van der Waals surface area contributed by atoms with Gasteiger partial charge in [0.15, 0.2) is 5.78 Å². The summed E-state index contributed by atoms with van der Waals surface area (Å²) in [4.78, 5) is 23.2. The first-order valence-corrected chi connectivity index (χ1v) is 9.07. The van der Waals surface area contributed by atoms with Crippen molar-refractivity contribution in [2.24, 2.45) is 5.73 Å². The lowest BCUT2D eigenvalue weighted by atomic mass is 9.96. The molecule has 2 amide bonds. The van der Waals surface area contributed by atoms with Crippen molar-refractivity contribution in [3.05, 3.63) is 29.8 Å². The van der Waals surface area contributed by atoms with Crippen molar-refractivity contribution in [1.82, 2.24) is 10.0 Å². The van der Waals surface area contributed by atoms with E-state index in [0.717, 1.165) is 32.1 Å². The highest BCUT2D eigenvalue weighted by Crippen LogP contribution is 2.17. The van der Waals surface area contributed by atoms with E-state index in [9.17, 15) is 18.0 Å². The summed E-state index contributed by atoms with van der Waals surface area (Å²) in [6, 6.07) is 4.60. The molecule has 2 rings (SSSR count). The number of urea groups is 1. The molecule has 0 heterocycles. The van der Waals surface area contributed by atoms with Gasteiger partial charge in [0, 0.05) is 11.6 Å². The molecule has 126 valence electrons. The largest absolute Gasteiger partial charge is 0.335 e. The molecule has 8 heteroatoms. The molecule has 0 spiro atoms. The Morgan fingerprint density at radius 1 is 1.09 bits per heavy atom. The number of carbonyl (C=O) groups excluding carboxylic acids is 2. The number of Topliss-reactive ketones (excluding diaryl/α,β-unsaturated/α-hetero) is 1. The minimum absolute atomic E-state index is 0.0171. The van der Waals surface area contributed by atoms with Crippen molar-refractivity contribution in [3.8, 4) is 0 Å². The first kappa shape index (κ1) is 17.4. The molecule has 0 aromatic heterocycles. The number of benzene rings is 1. The van der Waals surface area contributed by atoms with Crippen molar-refractivity contribution < 1.29 is 18.0 Å². The third-order valence-corrected chi connectivity index (χ3v) is 5.19. The smallest absolute Gasteiger partial charge is 0.328 e. The van der Waals surface area contributed by atoms with Gasteiger partial charge in [0.2, 0.25) is 0 Å². The zero-order valence-corrected chi connectivity index (χ0v) is 13.6. The fraction of sp³-hybridized carbons (Fsp3) is 0.467. The van der Waals surface area contributed by atoms with E-state index < -0.39 is 16.1 Å². The van der Waals surface area contributed by atoms with E-state index in [2.05, 4.69) is 5.32 Å². The summed E-state index contributed by atoms with van der Waals surface area (Å²) in [5.74, 6) is -0.281. The highest BCUT2D eigenvalue weighted by Gasteiger charge is 2.21. The summed E-state index contributed by atoms with van der Waals surface area (Å²) in [6.07, 6.45) is 4.95. The molecule has 0 unspecified atom stereocenters. The number of carbonyl (C=O) groups is 2. The Hall–Kier alpha value is -1.93. The third kappa shape index (κ3) is 4.77. The second-order valence-corrected chi connectivity index (χ2v) is 7.25. The molecule has 0 atom stereocenters. The first-order valence-electron chi connectivity index (χ1n) is 7.59. The fourth-order valence-corrected chi connectivity index (χ4v) is 3.50. The molecule has 1 saturated carbocycles. The second kappa shape index (κ2) is 7.56. The van der Waals surface area contributed by atoms with Crippen LogP contribution in [0.5, 0.6) is 0 Å². The Morgan fingerprint density at radius 3 is 2.26 bits per heavy atom. The lowest BCUT2D eigenvalue weighted by Gasteiger charge is -2.22. The summed E-state index contributed by atoms with van der Waals surface area (Å²) in [7, 11) is -3.96. The summed E-state index contributed by atoms with van der Waals surface area (Å²) in [5, 5.41) is 2.68. The minimum atomic E-state index is -3.96. The number of rotatable bonds is 5. The molecule has 0 bridgehead atoms. The number of nitrogens with two attached hydrogens (primary N) is 1. The van der Waals surface area contributed by atoms with E-state index in [0.29, 0.717) is 5.56 Å². The van der Waals surface area contributed by atoms with Crippen molar-refractivity contribution in [2.45, 2.75) is 43.0 Å². The molecule has 0 aliphatic heterocycles. The number of amides is 2. The SMILES string of the molecule is NCC(=O)c1ccc(S(=O)(=O)NC(=O)NC2CCCCC2)cc1. The molecular formula is C15H21N3O4S. The van der Waals surface area contributed by atoms with Crippen molar-refractivity contribution in [3.63, 3.8) is 0 Å². The molecule has 1 aromatic carbocycles. The molecule has 4 N–H and O–H groups in total. The van der Waals surface area contributed by atoms with E-state index >= 15 is 0 Å². The Kier molecular flexibility index (Phi) is 5.73. The molecule has 7 nitrogen and oxygen atoms in total. The average molecular weight is 339 g/mol. The topological polar surface area (TPSA) is 118 Å². The molecular weight excluding hydrogens is 318 g/mol. The molecule has 1 aromatic rings. The molecule has 0 radical (unpaired) electrons. The maximum Gasteiger partial charge on any atom is 0.328 e. The molecule has 1 aliphatic carbocycles. The van der Waals surface area contributed by atoms with Crippen LogP contribution in [0.15, 0.2) is 29.2 Å². The standard InChI is InChI=1S/C15H21N3O4S/c16-10-14(19)11-6-8-13(9-7-11)23(21,22)18-15(20)17-12-4-2-1-3-5-12/h6-9,12H,1-5,10,16H2,(H2,17,18,20). The van der Waals surface area contributed by atoms with Gasteiger partial charge in [-0.05, 0) is 37.1 Å². The Labute approximate surface area is 135 Å². The lowest BCUT2D eigenvalue weighted by molar-refractivity contribution is 0.100. The van der Waals surface area contributed by atoms with Crippen molar-refractivity contribution in [2.75, 3.05) is 6.54 Å². The van der Waals surface area contributed by atoms with E-state index in [-0.39, 0.29) is 23.3 Å². The zero-order valence-electron chi connectivity index (χ0n) is 12.7. The van der Waals surface area contributed by atoms with Crippen LogP contribution in [0.3, 0.4) is 0 Å². The maximum atomic E-state index is 12.2. The predicted octanol–water partition coefficient (Wildman–Crippen LogP) is 1.15. The number of hydrogen-bond donors (Lipinski definition) is 3. The van der Waals surface area contributed by atoms with Gasteiger partial charge in [-0.3, -0.25) is 4.79 Å². The van der Waals surface area contributed by atoms with Crippen LogP contribution in [0.25, 0.3) is 0 Å². The van der Waals surface area contributed by atoms with Crippen LogP contribution >= 0.6 is 0 Å². The normalized spacial score (nSPS) is 15.9. The van der Waals surface area contributed by atoms with E-state index in [1.54, 1.807) is 0 Å². The molecule has 0 saturated heterocycles. The fourth-order valence-electron chi connectivity index (χ4n) is 2.58. The Bertz CT molecular complexity index is 664. The van der Waals surface area contributed by atoms with Gasteiger partial charge in [0.25, 0.3) is 10.0 Å². The summed E-state index contributed by atoms with van der Waals surface area (Å²) >= 11 is 0. The lowest BCUT2D eigenvalue weighted by Crippen LogP contribution is -2.45. The van der Waals surface area contributed by atoms with Gasteiger partial charge in [0.05, 0.1) is 11.4 Å². The number of nitrogens with one attached hydrogen (secondary N) is 2. The van der Waals surface area contributed by atoms with Gasteiger partial charge >= 0.3 is 6.03 Å². The van der Waals surface area contributed by atoms with Crippen LogP contribution in [-0.4, -0.2) is 32.8 Å². The van der Waals surface area contributed by atoms with E-state index in [1.807, 2.05) is 4.72 Å². The van der Waals surface area contributed by atoms with Crippen LogP contribution in [0.2, 0.25) is 0 Å². The minimum Gasteiger partial charge on any atom is -0.335 e. The van der Waals surface area contributed by atoms with Gasteiger partial charge in [-0.15, -0.1) is 0 Å². The van der Waals surface area contributed by atoms with Gasteiger partial charge in [-0.2, -0.15) is 0 Å². The monoisotopic (exact) mass is 339 g/mol. The van der Waals surface area contributed by atoms with Crippen LogP contribution in [-0.2, 0) is 10.0 Å². The highest BCUT2D eigenvalue weighted by atomic mass is 32.2. The Morgan fingerprint density at radius 2 is 1.70 bits per heavy atom. The van der Waals surface area contributed by atoms with Gasteiger partial charge in [-0.25, -0.2) is 17.9 Å². The average Bonchev–Trinajstić information content (AvgIpc) is 2.54. The Balaban J connectivity index is 2.00. The van der Waals surface area contributed by atoms with Crippen LogP contribution in [0.1, 0.15) is 42.5 Å². The summed E-state index contributed by atoms with van der Waals surface area (Å²) < 4.78 is 26.3. The first-order chi connectivity index (χ1) is 10.9. The predicted molar refractivity (Wildman–Crippen MR) is 85.6 cm³/mol. The van der Waals surface area contributed by atoms with Crippen molar-refractivity contribution in [1.29, 1.82) is 0 Å².